The normalized spacial score (nSPS) is 18.8. The summed E-state index contributed by atoms with van der Waals surface area (Å²) >= 11 is 0. The molecule has 0 aromatic rings. The molecule has 0 spiro atoms. The minimum absolute atomic E-state index is 0.625. The Bertz CT molecular complexity index is 315. The van der Waals surface area contributed by atoms with Crippen LogP contribution in [0.25, 0.3) is 0 Å². The number of hydrogen-bond donors (Lipinski definition) is 2. The molecule has 0 saturated heterocycles. The molecule has 0 saturated carbocycles. The van der Waals surface area contributed by atoms with E-state index < -0.39 is 6.03 Å². The number of amides is 2. The van der Waals surface area contributed by atoms with Crippen molar-refractivity contribution in [1.29, 1.82) is 0 Å². The first-order valence-corrected chi connectivity index (χ1v) is 4.57. The average Bonchev–Trinajstić information content (AvgIpc) is 2.46. The molecular weight excluding hydrogens is 178 g/mol. The molecular formula is C10H15N3O. The van der Waals surface area contributed by atoms with Gasteiger partial charge in [-0.3, -0.25) is 0 Å². The molecule has 3 N–H and O–H groups in total. The van der Waals surface area contributed by atoms with E-state index in [1.165, 1.54) is 11.1 Å². The van der Waals surface area contributed by atoms with E-state index in [4.69, 9.17) is 5.73 Å². The van der Waals surface area contributed by atoms with Crippen molar-refractivity contribution in [3.05, 3.63) is 23.8 Å². The highest BCUT2D eigenvalue weighted by atomic mass is 16.2. The van der Waals surface area contributed by atoms with Gasteiger partial charge in [-0.25, -0.2) is 10.2 Å². The van der Waals surface area contributed by atoms with E-state index in [0.717, 1.165) is 25.0 Å². The van der Waals surface area contributed by atoms with E-state index in [2.05, 4.69) is 24.0 Å². The molecule has 0 atom stereocenters. The molecule has 1 aliphatic carbocycles. The topological polar surface area (TPSA) is 67.5 Å². The first-order valence-electron chi connectivity index (χ1n) is 4.57. The van der Waals surface area contributed by atoms with E-state index in [9.17, 15) is 4.79 Å². The molecule has 76 valence electrons. The number of nitrogens with zero attached hydrogens (tertiary/aromatic N) is 1. The van der Waals surface area contributed by atoms with Gasteiger partial charge in [0.1, 0.15) is 0 Å². The lowest BCUT2D eigenvalue weighted by atomic mass is 10.1. The maximum absolute atomic E-state index is 10.5. The predicted molar refractivity (Wildman–Crippen MR) is 56.9 cm³/mol. The summed E-state index contributed by atoms with van der Waals surface area (Å²) in [5.74, 6) is 0. The summed E-state index contributed by atoms with van der Waals surface area (Å²) in [7, 11) is 0. The molecule has 1 aliphatic rings. The number of primary amides is 1. The van der Waals surface area contributed by atoms with E-state index in [1.54, 1.807) is 0 Å². The highest BCUT2D eigenvalue weighted by Crippen LogP contribution is 2.25. The van der Waals surface area contributed by atoms with Crippen LogP contribution in [0.4, 0.5) is 4.79 Å². The largest absolute Gasteiger partial charge is 0.350 e. The van der Waals surface area contributed by atoms with Crippen molar-refractivity contribution in [1.82, 2.24) is 5.43 Å². The Labute approximate surface area is 83.6 Å². The quantitative estimate of drug-likeness (QED) is 0.520. The third kappa shape index (κ3) is 2.45. The monoisotopic (exact) mass is 193 g/mol. The van der Waals surface area contributed by atoms with Crippen LogP contribution in [-0.4, -0.2) is 11.7 Å². The van der Waals surface area contributed by atoms with Crippen LogP contribution in [0.3, 0.4) is 0 Å². The van der Waals surface area contributed by atoms with Crippen LogP contribution in [0, 0.1) is 0 Å². The van der Waals surface area contributed by atoms with Gasteiger partial charge in [-0.2, -0.15) is 5.10 Å². The Morgan fingerprint density at radius 2 is 2.43 bits per heavy atom. The van der Waals surface area contributed by atoms with Gasteiger partial charge in [0.05, 0.1) is 5.71 Å². The van der Waals surface area contributed by atoms with Crippen LogP contribution in [-0.2, 0) is 0 Å². The van der Waals surface area contributed by atoms with Crippen molar-refractivity contribution in [3.8, 4) is 0 Å². The molecule has 14 heavy (non-hydrogen) atoms. The SMILES string of the molecule is C=CCC1=C(C)CC/C1=N/NC(N)=O. The molecule has 0 aromatic carbocycles. The second-order valence-corrected chi connectivity index (χ2v) is 3.29. The fourth-order valence-corrected chi connectivity index (χ4v) is 1.54. The zero-order valence-corrected chi connectivity index (χ0v) is 8.34. The molecule has 0 bridgehead atoms. The van der Waals surface area contributed by atoms with Crippen LogP contribution in [0.2, 0.25) is 0 Å². The van der Waals surface area contributed by atoms with Gasteiger partial charge in [0, 0.05) is 0 Å². The number of hydrazone groups is 1. The second kappa shape index (κ2) is 4.60. The number of rotatable bonds is 3. The summed E-state index contributed by atoms with van der Waals surface area (Å²) in [5.41, 5.74) is 10.6. The number of hydrogen-bond acceptors (Lipinski definition) is 2. The minimum atomic E-state index is -0.625. The first-order chi connectivity index (χ1) is 6.65. The van der Waals surface area contributed by atoms with E-state index >= 15 is 0 Å². The van der Waals surface area contributed by atoms with E-state index in [-0.39, 0.29) is 0 Å². The summed E-state index contributed by atoms with van der Waals surface area (Å²) in [6, 6.07) is -0.625. The molecule has 0 aromatic heterocycles. The molecule has 4 nitrogen and oxygen atoms in total. The van der Waals surface area contributed by atoms with Gasteiger partial charge in [-0.1, -0.05) is 11.6 Å². The van der Waals surface area contributed by atoms with Gasteiger partial charge in [0.15, 0.2) is 0 Å². The Kier molecular flexibility index (Phi) is 3.45. The molecule has 0 heterocycles. The summed E-state index contributed by atoms with van der Waals surface area (Å²) in [4.78, 5) is 10.5. The van der Waals surface area contributed by atoms with E-state index in [0.29, 0.717) is 0 Å². The Balaban J connectivity index is 2.75. The highest BCUT2D eigenvalue weighted by molar-refractivity contribution is 6.03. The van der Waals surface area contributed by atoms with Gasteiger partial charge in [-0.05, 0) is 31.8 Å². The zero-order valence-electron chi connectivity index (χ0n) is 8.34. The number of nitrogens with two attached hydrogens (primary N) is 1. The van der Waals surface area contributed by atoms with Gasteiger partial charge in [-0.15, -0.1) is 6.58 Å². The molecule has 0 unspecified atom stereocenters. The molecule has 1 rings (SSSR count). The number of allylic oxidation sites excluding steroid dienone is 3. The zero-order chi connectivity index (χ0) is 10.6. The van der Waals surface area contributed by atoms with Crippen molar-refractivity contribution in [2.75, 3.05) is 0 Å². The van der Waals surface area contributed by atoms with Crippen molar-refractivity contribution in [2.45, 2.75) is 26.2 Å². The lowest BCUT2D eigenvalue weighted by molar-refractivity contribution is 0.249. The van der Waals surface area contributed by atoms with Crippen LogP contribution in [0.1, 0.15) is 26.2 Å². The maximum Gasteiger partial charge on any atom is 0.332 e. The smallest absolute Gasteiger partial charge is 0.332 e. The van der Waals surface area contributed by atoms with Crippen molar-refractivity contribution in [2.24, 2.45) is 10.8 Å². The Morgan fingerprint density at radius 1 is 1.71 bits per heavy atom. The fourth-order valence-electron chi connectivity index (χ4n) is 1.54. The van der Waals surface area contributed by atoms with Crippen molar-refractivity contribution in [3.63, 3.8) is 0 Å². The lowest BCUT2D eigenvalue weighted by Crippen LogP contribution is -2.25. The molecule has 0 aliphatic heterocycles. The van der Waals surface area contributed by atoms with Crippen molar-refractivity contribution < 1.29 is 4.79 Å². The molecule has 0 fully saturated rings. The standard InChI is InChI=1S/C10H15N3O/c1-3-4-8-7(2)5-6-9(8)12-13-10(11)14/h3H,1,4-6H2,2H3,(H3,11,13,14)/b12-9-. The van der Waals surface area contributed by atoms with Crippen LogP contribution < -0.4 is 11.2 Å². The summed E-state index contributed by atoms with van der Waals surface area (Å²) in [6.45, 7) is 5.76. The highest BCUT2D eigenvalue weighted by Gasteiger charge is 2.17. The van der Waals surface area contributed by atoms with Crippen LogP contribution in [0.5, 0.6) is 0 Å². The third-order valence-corrected chi connectivity index (χ3v) is 2.25. The van der Waals surface area contributed by atoms with Crippen LogP contribution in [0.15, 0.2) is 28.9 Å². The van der Waals surface area contributed by atoms with Gasteiger partial charge < -0.3 is 5.73 Å². The molecule has 4 heteroatoms. The Morgan fingerprint density at radius 3 is 3.00 bits per heavy atom. The average molecular weight is 193 g/mol. The fraction of sp³-hybridized carbons (Fsp3) is 0.400. The summed E-state index contributed by atoms with van der Waals surface area (Å²) in [5, 5.41) is 3.96. The van der Waals surface area contributed by atoms with Crippen LogP contribution >= 0.6 is 0 Å². The summed E-state index contributed by atoms with van der Waals surface area (Å²) in [6.07, 6.45) is 4.51. The van der Waals surface area contributed by atoms with Gasteiger partial charge >= 0.3 is 6.03 Å². The maximum atomic E-state index is 10.5. The molecule has 2 amide bonds. The van der Waals surface area contributed by atoms with Gasteiger partial charge in [0.25, 0.3) is 0 Å². The lowest BCUT2D eigenvalue weighted by Gasteiger charge is -2.02. The van der Waals surface area contributed by atoms with Gasteiger partial charge in [0.2, 0.25) is 0 Å². The number of carbonyl (C=O) groups is 1. The third-order valence-electron chi connectivity index (χ3n) is 2.25. The number of carbonyl (C=O) groups excluding carboxylic acids is 1. The number of nitrogens with one attached hydrogen (secondary N) is 1. The Hall–Kier alpha value is -1.58. The van der Waals surface area contributed by atoms with Crippen molar-refractivity contribution >= 4 is 11.7 Å². The summed E-state index contributed by atoms with van der Waals surface area (Å²) < 4.78 is 0. The molecule has 0 radical (unpaired) electrons. The predicted octanol–water partition coefficient (Wildman–Crippen LogP) is 1.70. The first kappa shape index (κ1) is 10.5. The second-order valence-electron chi connectivity index (χ2n) is 3.29. The number of urea groups is 1. The van der Waals surface area contributed by atoms with E-state index in [1.807, 2.05) is 6.08 Å². The minimum Gasteiger partial charge on any atom is -0.350 e.